The molecule has 0 saturated heterocycles. The number of aryl methyl sites for hydroxylation is 1. The third kappa shape index (κ3) is 4.57. The van der Waals surface area contributed by atoms with Gasteiger partial charge in [0.15, 0.2) is 0 Å². The van der Waals surface area contributed by atoms with Crippen LogP contribution in [0.3, 0.4) is 0 Å². The van der Waals surface area contributed by atoms with Crippen LogP contribution in [0, 0.1) is 12.3 Å². The molecule has 26 heavy (non-hydrogen) atoms. The first-order chi connectivity index (χ1) is 12.5. The van der Waals surface area contributed by atoms with Gasteiger partial charge in [-0.25, -0.2) is 0 Å². The normalized spacial score (nSPS) is 14.6. The van der Waals surface area contributed by atoms with Crippen molar-refractivity contribution < 1.29 is 9.59 Å². The standard InChI is InChI=1S/C21H33N3O2/c1-5-8-9-14-22-19(25)21(12-13-21)20(26)23-18-11-10-17(15-16(18)4)24(6-2)7-3/h10-11,15H,5-9,12-14H2,1-4H3,(H,22,25)(H,23,26). The first-order valence-electron chi connectivity index (χ1n) is 9.93. The van der Waals surface area contributed by atoms with Crippen LogP contribution < -0.4 is 15.5 Å². The van der Waals surface area contributed by atoms with E-state index in [0.29, 0.717) is 19.4 Å². The van der Waals surface area contributed by atoms with E-state index < -0.39 is 5.41 Å². The molecule has 5 nitrogen and oxygen atoms in total. The molecule has 1 aliphatic carbocycles. The molecular weight excluding hydrogens is 326 g/mol. The number of benzene rings is 1. The van der Waals surface area contributed by atoms with E-state index >= 15 is 0 Å². The van der Waals surface area contributed by atoms with Crippen LogP contribution in [0.2, 0.25) is 0 Å². The van der Waals surface area contributed by atoms with Crippen molar-refractivity contribution in [3.63, 3.8) is 0 Å². The third-order valence-electron chi connectivity index (χ3n) is 5.27. The fourth-order valence-corrected chi connectivity index (χ4v) is 3.24. The zero-order valence-electron chi connectivity index (χ0n) is 16.7. The molecule has 1 fully saturated rings. The lowest BCUT2D eigenvalue weighted by atomic mass is 10.0. The molecule has 0 unspecified atom stereocenters. The maximum absolute atomic E-state index is 12.7. The SMILES string of the molecule is CCCCCNC(=O)C1(C(=O)Nc2ccc(N(CC)CC)cc2C)CC1. The van der Waals surface area contributed by atoms with Gasteiger partial charge in [-0.2, -0.15) is 0 Å². The minimum atomic E-state index is -0.865. The molecule has 0 radical (unpaired) electrons. The summed E-state index contributed by atoms with van der Waals surface area (Å²) < 4.78 is 0. The van der Waals surface area contributed by atoms with Gasteiger partial charge in [0, 0.05) is 31.0 Å². The second-order valence-electron chi connectivity index (χ2n) is 7.17. The minimum absolute atomic E-state index is 0.122. The lowest BCUT2D eigenvalue weighted by Crippen LogP contribution is -2.40. The highest BCUT2D eigenvalue weighted by atomic mass is 16.2. The van der Waals surface area contributed by atoms with E-state index in [-0.39, 0.29) is 11.8 Å². The number of carbonyl (C=O) groups excluding carboxylic acids is 2. The summed E-state index contributed by atoms with van der Waals surface area (Å²) in [5, 5.41) is 5.91. The molecule has 0 bridgehead atoms. The first kappa shape index (κ1) is 20.3. The fraction of sp³-hybridized carbons (Fsp3) is 0.619. The number of anilines is 2. The van der Waals surface area contributed by atoms with Crippen molar-refractivity contribution in [1.82, 2.24) is 5.32 Å². The smallest absolute Gasteiger partial charge is 0.240 e. The molecule has 2 rings (SSSR count). The number of nitrogens with one attached hydrogen (secondary N) is 2. The molecule has 0 atom stereocenters. The first-order valence-corrected chi connectivity index (χ1v) is 9.93. The van der Waals surface area contributed by atoms with Crippen molar-refractivity contribution in [2.24, 2.45) is 5.41 Å². The Hall–Kier alpha value is -2.04. The van der Waals surface area contributed by atoms with Gasteiger partial charge in [-0.15, -0.1) is 0 Å². The van der Waals surface area contributed by atoms with Crippen LogP contribution in [-0.4, -0.2) is 31.4 Å². The number of rotatable bonds is 10. The van der Waals surface area contributed by atoms with Crippen LogP contribution in [0.4, 0.5) is 11.4 Å². The van der Waals surface area contributed by atoms with E-state index in [1.807, 2.05) is 19.1 Å². The quantitative estimate of drug-likeness (QED) is 0.492. The molecule has 5 heteroatoms. The maximum Gasteiger partial charge on any atom is 0.240 e. The summed E-state index contributed by atoms with van der Waals surface area (Å²) in [7, 11) is 0. The van der Waals surface area contributed by atoms with E-state index in [2.05, 4.69) is 42.4 Å². The van der Waals surface area contributed by atoms with Gasteiger partial charge >= 0.3 is 0 Å². The van der Waals surface area contributed by atoms with Crippen LogP contribution in [0.25, 0.3) is 0 Å². The summed E-state index contributed by atoms with van der Waals surface area (Å²) in [6, 6.07) is 6.06. The van der Waals surface area contributed by atoms with Crippen LogP contribution >= 0.6 is 0 Å². The van der Waals surface area contributed by atoms with Gasteiger partial charge in [0.25, 0.3) is 0 Å². The topological polar surface area (TPSA) is 61.4 Å². The van der Waals surface area contributed by atoms with Gasteiger partial charge in [-0.05, 0) is 63.8 Å². The summed E-state index contributed by atoms with van der Waals surface area (Å²) in [6.45, 7) is 10.9. The van der Waals surface area contributed by atoms with Crippen LogP contribution in [-0.2, 0) is 9.59 Å². The minimum Gasteiger partial charge on any atom is -0.372 e. The molecule has 0 spiro atoms. The molecule has 2 amide bonds. The Labute approximate surface area is 157 Å². The van der Waals surface area contributed by atoms with Crippen LogP contribution in [0.1, 0.15) is 58.4 Å². The van der Waals surface area contributed by atoms with Crippen molar-refractivity contribution in [3.05, 3.63) is 23.8 Å². The number of amides is 2. The molecule has 1 aliphatic rings. The van der Waals surface area contributed by atoms with Crippen LogP contribution in [0.5, 0.6) is 0 Å². The van der Waals surface area contributed by atoms with Gasteiger partial charge < -0.3 is 15.5 Å². The summed E-state index contributed by atoms with van der Waals surface area (Å²) in [5.41, 5.74) is 2.09. The molecule has 2 N–H and O–H groups in total. The van der Waals surface area contributed by atoms with Gasteiger partial charge in [-0.1, -0.05) is 19.8 Å². The maximum atomic E-state index is 12.7. The Balaban J connectivity index is 1.99. The van der Waals surface area contributed by atoms with E-state index in [1.165, 1.54) is 0 Å². The lowest BCUT2D eigenvalue weighted by molar-refractivity contribution is -0.134. The lowest BCUT2D eigenvalue weighted by Gasteiger charge is -2.22. The largest absolute Gasteiger partial charge is 0.372 e. The van der Waals surface area contributed by atoms with E-state index in [4.69, 9.17) is 0 Å². The van der Waals surface area contributed by atoms with Gasteiger partial charge in [0.2, 0.25) is 11.8 Å². The Morgan fingerprint density at radius 2 is 1.77 bits per heavy atom. The third-order valence-corrected chi connectivity index (χ3v) is 5.27. The second kappa shape index (κ2) is 9.06. The molecule has 1 aromatic rings. The second-order valence-corrected chi connectivity index (χ2v) is 7.17. The summed E-state index contributed by atoms with van der Waals surface area (Å²) in [4.78, 5) is 27.4. The highest BCUT2D eigenvalue weighted by Crippen LogP contribution is 2.47. The number of unbranched alkanes of at least 4 members (excludes halogenated alkanes) is 2. The Morgan fingerprint density at radius 1 is 1.08 bits per heavy atom. The predicted octanol–water partition coefficient (Wildman–Crippen LogP) is 3.87. The van der Waals surface area contributed by atoms with Crippen molar-refractivity contribution >= 4 is 23.2 Å². The summed E-state index contributed by atoms with van der Waals surface area (Å²) in [6.07, 6.45) is 4.44. The predicted molar refractivity (Wildman–Crippen MR) is 108 cm³/mol. The number of carbonyl (C=O) groups is 2. The molecule has 0 aliphatic heterocycles. The van der Waals surface area contributed by atoms with Crippen molar-refractivity contribution in [1.29, 1.82) is 0 Å². The van der Waals surface area contributed by atoms with Crippen LogP contribution in [0.15, 0.2) is 18.2 Å². The molecule has 0 aromatic heterocycles. The molecule has 1 saturated carbocycles. The molecule has 0 heterocycles. The highest BCUT2D eigenvalue weighted by Gasteiger charge is 2.56. The van der Waals surface area contributed by atoms with E-state index in [0.717, 1.165) is 49.3 Å². The van der Waals surface area contributed by atoms with Crippen molar-refractivity contribution in [2.75, 3.05) is 29.9 Å². The Kier molecular flexibility index (Phi) is 7.06. The number of hydrogen-bond acceptors (Lipinski definition) is 3. The average Bonchev–Trinajstić information content (AvgIpc) is 3.44. The fourth-order valence-electron chi connectivity index (χ4n) is 3.24. The summed E-state index contributed by atoms with van der Waals surface area (Å²) in [5.74, 6) is -0.298. The molecule has 1 aromatic carbocycles. The molecule has 144 valence electrons. The zero-order valence-corrected chi connectivity index (χ0v) is 16.7. The highest BCUT2D eigenvalue weighted by molar-refractivity contribution is 6.13. The van der Waals surface area contributed by atoms with Gasteiger partial charge in [0.05, 0.1) is 0 Å². The molecular formula is C21H33N3O2. The van der Waals surface area contributed by atoms with Crippen molar-refractivity contribution in [3.8, 4) is 0 Å². The van der Waals surface area contributed by atoms with E-state index in [1.54, 1.807) is 0 Å². The summed E-state index contributed by atoms with van der Waals surface area (Å²) >= 11 is 0. The van der Waals surface area contributed by atoms with E-state index in [9.17, 15) is 9.59 Å². The number of hydrogen-bond donors (Lipinski definition) is 2. The monoisotopic (exact) mass is 359 g/mol. The zero-order chi connectivity index (χ0) is 19.2. The van der Waals surface area contributed by atoms with Gasteiger partial charge in [-0.3, -0.25) is 9.59 Å². The number of nitrogens with zero attached hydrogens (tertiary/aromatic N) is 1. The average molecular weight is 360 g/mol. The van der Waals surface area contributed by atoms with Crippen molar-refractivity contribution in [2.45, 2.75) is 59.8 Å². The van der Waals surface area contributed by atoms with Gasteiger partial charge in [0.1, 0.15) is 5.41 Å². The Morgan fingerprint density at radius 3 is 2.31 bits per heavy atom. The Bertz CT molecular complexity index is 634.